The number of rotatable bonds is 7. The maximum absolute atomic E-state index is 11.6. The van der Waals surface area contributed by atoms with Crippen LogP contribution in [0.1, 0.15) is 46.1 Å². The fourth-order valence-electron chi connectivity index (χ4n) is 5.46. The van der Waals surface area contributed by atoms with Crippen molar-refractivity contribution in [1.82, 2.24) is 0 Å². The number of fused-ring (bicyclic) bond motifs is 1. The van der Waals surface area contributed by atoms with Gasteiger partial charge in [-0.15, -0.1) is 0 Å². The SMILES string of the molecule is CCC(CC)Oc1ccc(-c2ccc(-c3ccc4c(c3)C(C)(C)/C(=C\C3=C(O)C(=O)C3O)N4C)cc2)cc1. The van der Waals surface area contributed by atoms with Crippen LogP contribution in [0.15, 0.2) is 89.8 Å². The fraction of sp³-hybridized carbons (Fsp3) is 0.303. The summed E-state index contributed by atoms with van der Waals surface area (Å²) < 4.78 is 6.05. The van der Waals surface area contributed by atoms with E-state index in [1.807, 2.05) is 19.2 Å². The molecule has 0 saturated heterocycles. The van der Waals surface area contributed by atoms with Gasteiger partial charge in [0.1, 0.15) is 11.9 Å². The lowest BCUT2D eigenvalue weighted by molar-refractivity contribution is -0.127. The zero-order chi connectivity index (χ0) is 27.2. The van der Waals surface area contributed by atoms with Crippen molar-refractivity contribution in [2.75, 3.05) is 11.9 Å². The Morgan fingerprint density at radius 2 is 1.45 bits per heavy atom. The van der Waals surface area contributed by atoms with Crippen LogP contribution in [0.2, 0.25) is 0 Å². The highest BCUT2D eigenvalue weighted by Gasteiger charge is 2.42. The minimum absolute atomic E-state index is 0.252. The first-order valence-electron chi connectivity index (χ1n) is 13.3. The highest BCUT2D eigenvalue weighted by molar-refractivity contribution is 6.07. The Morgan fingerprint density at radius 3 is 2.00 bits per heavy atom. The monoisotopic (exact) mass is 509 g/mol. The van der Waals surface area contributed by atoms with E-state index in [1.54, 1.807) is 6.08 Å². The van der Waals surface area contributed by atoms with Crippen molar-refractivity contribution < 1.29 is 19.7 Å². The Morgan fingerprint density at radius 1 is 0.921 bits per heavy atom. The summed E-state index contributed by atoms with van der Waals surface area (Å²) in [6.45, 7) is 8.53. The van der Waals surface area contributed by atoms with Crippen LogP contribution < -0.4 is 9.64 Å². The molecule has 1 atom stereocenters. The van der Waals surface area contributed by atoms with Crippen molar-refractivity contribution in [2.24, 2.45) is 0 Å². The molecule has 1 unspecified atom stereocenters. The van der Waals surface area contributed by atoms with E-state index in [2.05, 4.69) is 87.2 Å². The summed E-state index contributed by atoms with van der Waals surface area (Å²) >= 11 is 0. The molecule has 1 aliphatic heterocycles. The lowest BCUT2D eigenvalue weighted by atomic mass is 9.80. The molecule has 5 rings (SSSR count). The van der Waals surface area contributed by atoms with Crippen LogP contribution in [-0.4, -0.2) is 35.3 Å². The van der Waals surface area contributed by atoms with E-state index >= 15 is 0 Å². The number of anilines is 1. The lowest BCUT2D eigenvalue weighted by Crippen LogP contribution is -2.36. The maximum Gasteiger partial charge on any atom is 0.230 e. The number of ketones is 1. The van der Waals surface area contributed by atoms with Crippen molar-refractivity contribution >= 4 is 11.5 Å². The van der Waals surface area contributed by atoms with Crippen molar-refractivity contribution in [1.29, 1.82) is 0 Å². The second-order valence-electron chi connectivity index (χ2n) is 10.7. The fourth-order valence-corrected chi connectivity index (χ4v) is 5.46. The third-order valence-electron chi connectivity index (χ3n) is 7.99. The summed E-state index contributed by atoms with van der Waals surface area (Å²) in [5.41, 5.74) is 7.59. The first kappa shape index (κ1) is 25.8. The molecule has 0 spiro atoms. The highest BCUT2D eigenvalue weighted by atomic mass is 16.5. The molecule has 2 N–H and O–H groups in total. The number of aliphatic hydroxyl groups excluding tert-OH is 2. The maximum atomic E-state index is 11.6. The van der Waals surface area contributed by atoms with Crippen LogP contribution in [0.3, 0.4) is 0 Å². The van der Waals surface area contributed by atoms with Gasteiger partial charge in [0, 0.05) is 29.4 Å². The Hall–Kier alpha value is -3.83. The predicted octanol–water partition coefficient (Wildman–Crippen LogP) is 6.96. The van der Waals surface area contributed by atoms with Crippen molar-refractivity contribution in [2.45, 2.75) is 58.2 Å². The second kappa shape index (κ2) is 9.80. The van der Waals surface area contributed by atoms with E-state index < -0.39 is 11.9 Å². The summed E-state index contributed by atoms with van der Waals surface area (Å²) in [5.74, 6) is -0.0631. The van der Waals surface area contributed by atoms with Crippen LogP contribution in [0.5, 0.6) is 5.75 Å². The molecular weight excluding hydrogens is 474 g/mol. The number of hydrogen-bond acceptors (Lipinski definition) is 5. The Labute approximate surface area is 224 Å². The number of ether oxygens (including phenoxy) is 1. The molecule has 5 nitrogen and oxygen atoms in total. The van der Waals surface area contributed by atoms with Crippen LogP contribution in [0.25, 0.3) is 22.3 Å². The summed E-state index contributed by atoms with van der Waals surface area (Å²) in [7, 11) is 1.97. The average molecular weight is 510 g/mol. The van der Waals surface area contributed by atoms with Gasteiger partial charge in [-0.25, -0.2) is 0 Å². The van der Waals surface area contributed by atoms with Gasteiger partial charge in [-0.2, -0.15) is 0 Å². The van der Waals surface area contributed by atoms with E-state index in [-0.39, 0.29) is 22.9 Å². The van der Waals surface area contributed by atoms with E-state index in [0.29, 0.717) is 0 Å². The van der Waals surface area contributed by atoms with E-state index in [4.69, 9.17) is 4.74 Å². The molecule has 0 aromatic heterocycles. The van der Waals surface area contributed by atoms with Crippen LogP contribution in [0, 0.1) is 0 Å². The molecule has 196 valence electrons. The second-order valence-corrected chi connectivity index (χ2v) is 10.7. The van der Waals surface area contributed by atoms with Crippen LogP contribution >= 0.6 is 0 Å². The number of aliphatic hydroxyl groups is 2. The topological polar surface area (TPSA) is 70.0 Å². The third-order valence-corrected chi connectivity index (χ3v) is 7.99. The molecule has 1 aliphatic carbocycles. The van der Waals surface area contributed by atoms with Crippen LogP contribution in [-0.2, 0) is 10.2 Å². The summed E-state index contributed by atoms with van der Waals surface area (Å²) in [5, 5.41) is 20.0. The molecule has 1 heterocycles. The molecule has 3 aromatic rings. The summed E-state index contributed by atoms with van der Waals surface area (Å²) in [4.78, 5) is 13.7. The first-order chi connectivity index (χ1) is 18.1. The standard InChI is InChI=1S/C33H35NO4/c1-6-24(7-2)38-25-15-12-21(13-16-25)20-8-10-22(11-9-20)23-14-17-28-27(18-23)33(3,4)29(34(28)5)19-26-30(35)32(37)31(26)36/h8-19,24,30,35-36H,6-7H2,1-5H3/b29-19+. The quantitative estimate of drug-likeness (QED) is 0.360. The highest BCUT2D eigenvalue weighted by Crippen LogP contribution is 2.49. The number of hydrogen-bond donors (Lipinski definition) is 2. The molecule has 5 heteroatoms. The largest absolute Gasteiger partial charge is 0.504 e. The molecular formula is C33H35NO4. The number of allylic oxidation sites excluding steroid dienone is 1. The minimum atomic E-state index is -1.25. The van der Waals surface area contributed by atoms with Gasteiger partial charge in [0.2, 0.25) is 5.78 Å². The molecule has 0 amide bonds. The smallest absolute Gasteiger partial charge is 0.230 e. The number of benzene rings is 3. The number of nitrogens with zero attached hydrogens (tertiary/aromatic N) is 1. The predicted molar refractivity (Wildman–Crippen MR) is 152 cm³/mol. The molecule has 0 fully saturated rings. The van der Waals surface area contributed by atoms with Gasteiger partial charge >= 0.3 is 0 Å². The molecule has 0 bridgehead atoms. The third kappa shape index (κ3) is 4.31. The number of carbonyl (C=O) groups is 1. The van der Waals surface area contributed by atoms with Gasteiger partial charge in [-0.1, -0.05) is 70.2 Å². The molecule has 2 aliphatic rings. The van der Waals surface area contributed by atoms with Gasteiger partial charge in [-0.05, 0) is 71.0 Å². The van der Waals surface area contributed by atoms with E-state index in [1.165, 1.54) is 0 Å². The summed E-state index contributed by atoms with van der Waals surface area (Å²) in [6.07, 6.45) is 2.75. The Bertz CT molecular complexity index is 1430. The Balaban J connectivity index is 1.39. The summed E-state index contributed by atoms with van der Waals surface area (Å²) in [6, 6.07) is 23.3. The Kier molecular flexibility index (Phi) is 6.66. The van der Waals surface area contributed by atoms with Gasteiger partial charge in [0.15, 0.2) is 5.76 Å². The van der Waals surface area contributed by atoms with Crippen molar-refractivity contribution in [3.05, 3.63) is 95.4 Å². The number of carbonyl (C=O) groups excluding carboxylic acids is 1. The molecule has 0 saturated carbocycles. The molecule has 3 aromatic carbocycles. The number of Topliss-reactive ketones (excluding diaryl/α,β-unsaturated/α-hetero) is 1. The van der Waals surface area contributed by atoms with Crippen molar-refractivity contribution in [3.8, 4) is 28.0 Å². The van der Waals surface area contributed by atoms with Crippen molar-refractivity contribution in [3.63, 3.8) is 0 Å². The van der Waals surface area contributed by atoms with E-state index in [9.17, 15) is 15.0 Å². The normalized spacial score (nSPS) is 19.2. The molecule has 38 heavy (non-hydrogen) atoms. The zero-order valence-electron chi connectivity index (χ0n) is 22.7. The number of likely N-dealkylation sites (N-methyl/N-ethyl adjacent to an activating group) is 1. The van der Waals surface area contributed by atoms with Gasteiger partial charge < -0.3 is 19.8 Å². The molecule has 0 radical (unpaired) electrons. The van der Waals surface area contributed by atoms with E-state index in [0.717, 1.165) is 57.8 Å². The van der Waals surface area contributed by atoms with Gasteiger partial charge in [0.25, 0.3) is 0 Å². The van der Waals surface area contributed by atoms with Gasteiger partial charge in [-0.3, -0.25) is 4.79 Å². The van der Waals surface area contributed by atoms with Gasteiger partial charge in [0.05, 0.1) is 6.10 Å². The minimum Gasteiger partial charge on any atom is -0.504 e. The average Bonchev–Trinajstić information content (AvgIpc) is 3.14. The zero-order valence-corrected chi connectivity index (χ0v) is 22.7. The lowest BCUT2D eigenvalue weighted by Gasteiger charge is -2.28. The first-order valence-corrected chi connectivity index (χ1v) is 13.3. The van der Waals surface area contributed by atoms with Crippen LogP contribution in [0.4, 0.5) is 5.69 Å².